The summed E-state index contributed by atoms with van der Waals surface area (Å²) in [6, 6.07) is 5.69. The van der Waals surface area contributed by atoms with E-state index in [1.54, 1.807) is 7.11 Å². The number of aliphatic carboxylic acids is 1. The zero-order chi connectivity index (χ0) is 12.7. The minimum Gasteiger partial charge on any atom is -0.497 e. The fraction of sp³-hybridized carbons (Fsp3) is 0.417. The molecule has 1 aromatic carbocycles. The van der Waals surface area contributed by atoms with E-state index in [1.165, 1.54) is 0 Å². The molecule has 1 aromatic rings. The Morgan fingerprint density at radius 3 is 2.88 bits per heavy atom. The Kier molecular flexibility index (Phi) is 5.83. The second kappa shape index (κ2) is 7.17. The number of ether oxygens (including phenoxy) is 1. The van der Waals surface area contributed by atoms with E-state index < -0.39 is 5.97 Å². The number of unbranched alkanes of at least 4 members (excludes halogenated alkanes) is 1. The van der Waals surface area contributed by atoms with Gasteiger partial charge in [-0.1, -0.05) is 0 Å². The monoisotopic (exact) mass is 301 g/mol. The Morgan fingerprint density at radius 1 is 1.47 bits per heavy atom. The molecule has 0 radical (unpaired) electrons. The number of nitrogens with one attached hydrogen (secondary N) is 1. The Balaban J connectivity index is 2.38. The van der Waals surface area contributed by atoms with Crippen LogP contribution in [0.4, 0.5) is 5.69 Å². The quantitative estimate of drug-likeness (QED) is 0.760. The molecule has 0 spiro atoms. The number of rotatable bonds is 7. The molecule has 0 atom stereocenters. The number of hydrogen-bond donors (Lipinski definition) is 2. The highest BCUT2D eigenvalue weighted by atomic mass is 79.9. The molecule has 0 aliphatic heterocycles. The van der Waals surface area contributed by atoms with E-state index in [2.05, 4.69) is 21.2 Å². The molecular formula is C12H16BrNO3. The van der Waals surface area contributed by atoms with Gasteiger partial charge < -0.3 is 15.2 Å². The van der Waals surface area contributed by atoms with E-state index in [0.717, 1.165) is 28.9 Å². The van der Waals surface area contributed by atoms with Crippen molar-refractivity contribution in [1.29, 1.82) is 0 Å². The molecule has 0 amide bonds. The molecule has 0 saturated carbocycles. The standard InChI is InChI=1S/C12H16BrNO3/c1-17-9-5-6-10(13)11(8-9)14-7-3-2-4-12(15)16/h5-6,8,14H,2-4,7H2,1H3,(H,15,16). The topological polar surface area (TPSA) is 58.6 Å². The molecule has 4 nitrogen and oxygen atoms in total. The van der Waals surface area contributed by atoms with Crippen LogP contribution in [0.15, 0.2) is 22.7 Å². The molecule has 5 heteroatoms. The summed E-state index contributed by atoms with van der Waals surface area (Å²) in [6.07, 6.45) is 1.74. The number of carboxylic acids is 1. The lowest BCUT2D eigenvalue weighted by Crippen LogP contribution is -2.03. The third-order valence-electron chi connectivity index (χ3n) is 2.31. The van der Waals surface area contributed by atoms with Gasteiger partial charge in [-0.3, -0.25) is 4.79 Å². The first kappa shape index (κ1) is 13.8. The second-order valence-corrected chi connectivity index (χ2v) is 4.48. The predicted octanol–water partition coefficient (Wildman–Crippen LogP) is 3.12. The maximum absolute atomic E-state index is 10.3. The molecule has 0 bridgehead atoms. The van der Waals surface area contributed by atoms with Crippen LogP contribution in [-0.4, -0.2) is 24.7 Å². The first-order chi connectivity index (χ1) is 8.13. The second-order valence-electron chi connectivity index (χ2n) is 3.62. The fourth-order valence-corrected chi connectivity index (χ4v) is 1.78. The summed E-state index contributed by atoms with van der Waals surface area (Å²) < 4.78 is 6.10. The van der Waals surface area contributed by atoms with Gasteiger partial charge in [0.2, 0.25) is 0 Å². The molecule has 0 fully saturated rings. The van der Waals surface area contributed by atoms with Crippen LogP contribution in [-0.2, 0) is 4.79 Å². The van der Waals surface area contributed by atoms with Crippen molar-refractivity contribution < 1.29 is 14.6 Å². The third kappa shape index (κ3) is 5.08. The molecule has 0 saturated heterocycles. The minimum atomic E-state index is -0.743. The summed E-state index contributed by atoms with van der Waals surface area (Å²) in [5.74, 6) is 0.0498. The average molecular weight is 302 g/mol. The number of hydrogen-bond acceptors (Lipinski definition) is 3. The number of methoxy groups -OCH3 is 1. The summed E-state index contributed by atoms with van der Waals surface area (Å²) in [5, 5.41) is 11.7. The van der Waals surface area contributed by atoms with Gasteiger partial charge in [0.1, 0.15) is 5.75 Å². The lowest BCUT2D eigenvalue weighted by molar-refractivity contribution is -0.137. The van der Waals surface area contributed by atoms with E-state index in [1.807, 2.05) is 18.2 Å². The lowest BCUT2D eigenvalue weighted by atomic mass is 10.2. The fourth-order valence-electron chi connectivity index (χ4n) is 1.39. The van der Waals surface area contributed by atoms with Crippen LogP contribution in [0.25, 0.3) is 0 Å². The van der Waals surface area contributed by atoms with Crippen molar-refractivity contribution in [3.63, 3.8) is 0 Å². The van der Waals surface area contributed by atoms with E-state index >= 15 is 0 Å². The molecular weight excluding hydrogens is 286 g/mol. The summed E-state index contributed by atoms with van der Waals surface area (Å²) in [5.41, 5.74) is 0.958. The van der Waals surface area contributed by atoms with Crippen LogP contribution in [0.1, 0.15) is 19.3 Å². The third-order valence-corrected chi connectivity index (χ3v) is 3.00. The highest BCUT2D eigenvalue weighted by Gasteiger charge is 2.02. The van der Waals surface area contributed by atoms with E-state index in [-0.39, 0.29) is 6.42 Å². The van der Waals surface area contributed by atoms with Crippen LogP contribution in [0, 0.1) is 0 Å². The number of benzene rings is 1. The van der Waals surface area contributed by atoms with Gasteiger partial charge in [-0.2, -0.15) is 0 Å². The van der Waals surface area contributed by atoms with Gasteiger partial charge in [0.05, 0.1) is 12.8 Å². The van der Waals surface area contributed by atoms with Gasteiger partial charge >= 0.3 is 5.97 Å². The Labute approximate surface area is 109 Å². The van der Waals surface area contributed by atoms with Crippen molar-refractivity contribution >= 4 is 27.6 Å². The maximum Gasteiger partial charge on any atom is 0.303 e. The van der Waals surface area contributed by atoms with E-state index in [9.17, 15) is 4.79 Å². The van der Waals surface area contributed by atoms with Gasteiger partial charge in [0.25, 0.3) is 0 Å². The molecule has 0 heterocycles. The zero-order valence-corrected chi connectivity index (χ0v) is 11.3. The normalized spacial score (nSPS) is 10.0. The molecule has 1 rings (SSSR count). The maximum atomic E-state index is 10.3. The number of halogens is 1. The summed E-state index contributed by atoms with van der Waals surface area (Å²) >= 11 is 3.44. The van der Waals surface area contributed by atoms with Crippen molar-refractivity contribution in [3.8, 4) is 5.75 Å². The highest BCUT2D eigenvalue weighted by molar-refractivity contribution is 9.10. The van der Waals surface area contributed by atoms with Crippen molar-refractivity contribution in [2.75, 3.05) is 19.0 Å². The Bertz CT molecular complexity index is 382. The first-order valence-corrected chi connectivity index (χ1v) is 6.22. The lowest BCUT2D eigenvalue weighted by Gasteiger charge is -2.09. The molecule has 94 valence electrons. The molecule has 0 aliphatic carbocycles. The number of anilines is 1. The summed E-state index contributed by atoms with van der Waals surface area (Å²) in [7, 11) is 1.62. The predicted molar refractivity (Wildman–Crippen MR) is 70.7 cm³/mol. The van der Waals surface area contributed by atoms with Crippen molar-refractivity contribution in [3.05, 3.63) is 22.7 Å². The smallest absolute Gasteiger partial charge is 0.303 e. The number of carboxylic acid groups (broad SMARTS) is 1. The van der Waals surface area contributed by atoms with Crippen LogP contribution >= 0.6 is 15.9 Å². The van der Waals surface area contributed by atoms with Crippen molar-refractivity contribution in [1.82, 2.24) is 0 Å². The molecule has 0 unspecified atom stereocenters. The van der Waals surface area contributed by atoms with E-state index in [0.29, 0.717) is 6.42 Å². The van der Waals surface area contributed by atoms with Gasteiger partial charge in [-0.25, -0.2) is 0 Å². The molecule has 2 N–H and O–H groups in total. The van der Waals surface area contributed by atoms with Gasteiger partial charge in [-0.15, -0.1) is 0 Å². The van der Waals surface area contributed by atoms with Crippen LogP contribution in [0.5, 0.6) is 5.75 Å². The highest BCUT2D eigenvalue weighted by Crippen LogP contribution is 2.26. The summed E-state index contributed by atoms with van der Waals surface area (Å²) in [4.78, 5) is 10.3. The average Bonchev–Trinajstić information content (AvgIpc) is 2.30. The van der Waals surface area contributed by atoms with Gasteiger partial charge in [0, 0.05) is 23.5 Å². The Hall–Kier alpha value is -1.23. The largest absolute Gasteiger partial charge is 0.497 e. The van der Waals surface area contributed by atoms with Crippen molar-refractivity contribution in [2.24, 2.45) is 0 Å². The summed E-state index contributed by atoms with van der Waals surface area (Å²) in [6.45, 7) is 0.749. The zero-order valence-electron chi connectivity index (χ0n) is 9.70. The van der Waals surface area contributed by atoms with Crippen LogP contribution in [0.3, 0.4) is 0 Å². The molecule has 0 aromatic heterocycles. The van der Waals surface area contributed by atoms with Crippen molar-refractivity contribution in [2.45, 2.75) is 19.3 Å². The molecule has 0 aliphatic rings. The van der Waals surface area contributed by atoms with E-state index in [4.69, 9.17) is 9.84 Å². The van der Waals surface area contributed by atoms with Crippen LogP contribution in [0.2, 0.25) is 0 Å². The Morgan fingerprint density at radius 2 is 2.24 bits per heavy atom. The molecule has 17 heavy (non-hydrogen) atoms. The van der Waals surface area contributed by atoms with Gasteiger partial charge in [-0.05, 0) is 40.9 Å². The SMILES string of the molecule is COc1ccc(Br)c(NCCCCC(=O)O)c1. The first-order valence-electron chi connectivity index (χ1n) is 5.42. The number of carbonyl (C=O) groups is 1. The van der Waals surface area contributed by atoms with Crippen LogP contribution < -0.4 is 10.1 Å². The van der Waals surface area contributed by atoms with Gasteiger partial charge in [0.15, 0.2) is 0 Å². The minimum absolute atomic E-state index is 0.223.